The van der Waals surface area contributed by atoms with Crippen LogP contribution in [-0.4, -0.2) is 22.8 Å². The summed E-state index contributed by atoms with van der Waals surface area (Å²) in [6, 6.07) is 23.7. The van der Waals surface area contributed by atoms with Gasteiger partial charge in [0.05, 0.1) is 16.8 Å². The Labute approximate surface area is 181 Å². The van der Waals surface area contributed by atoms with Crippen LogP contribution >= 0.6 is 11.3 Å². The van der Waals surface area contributed by atoms with Crippen LogP contribution in [0.3, 0.4) is 0 Å². The maximum absolute atomic E-state index is 13.4. The molecule has 4 rings (SSSR count). The van der Waals surface area contributed by atoms with Crippen LogP contribution in [0.1, 0.15) is 27.7 Å². The summed E-state index contributed by atoms with van der Waals surface area (Å²) >= 11 is 1.67. The van der Waals surface area contributed by atoms with Crippen LogP contribution in [0.5, 0.6) is 0 Å². The molecule has 1 heterocycles. The average molecular weight is 416 g/mol. The third-order valence-electron chi connectivity index (χ3n) is 5.18. The number of rotatable bonds is 6. The van der Waals surface area contributed by atoms with Crippen LogP contribution in [-0.2, 0) is 11.3 Å². The first kappa shape index (κ1) is 20.3. The van der Waals surface area contributed by atoms with Crippen molar-refractivity contribution in [1.29, 1.82) is 0 Å². The van der Waals surface area contributed by atoms with Crippen LogP contribution in [0.4, 0.5) is 5.69 Å². The van der Waals surface area contributed by atoms with Gasteiger partial charge >= 0.3 is 0 Å². The first-order valence-corrected chi connectivity index (χ1v) is 10.8. The monoisotopic (exact) mass is 415 g/mol. The topological polar surface area (TPSA) is 45.2 Å². The van der Waals surface area contributed by atoms with E-state index in [1.165, 1.54) is 0 Å². The summed E-state index contributed by atoms with van der Waals surface area (Å²) in [4.78, 5) is 20.2. The van der Waals surface area contributed by atoms with Crippen molar-refractivity contribution in [2.45, 2.75) is 26.4 Å². The van der Waals surface area contributed by atoms with Gasteiger partial charge in [-0.25, -0.2) is 4.98 Å². The number of fused-ring (bicyclic) bond motifs is 1. The maximum atomic E-state index is 13.4. The van der Waals surface area contributed by atoms with Crippen LogP contribution in [0.25, 0.3) is 10.2 Å². The molecule has 0 aliphatic rings. The van der Waals surface area contributed by atoms with Gasteiger partial charge in [-0.05, 0) is 55.8 Å². The van der Waals surface area contributed by atoms with Crippen molar-refractivity contribution < 1.29 is 4.79 Å². The fourth-order valence-corrected chi connectivity index (χ4v) is 4.64. The Hall–Kier alpha value is -3.02. The number of nitrogens with zero attached hydrogens (tertiary/aromatic N) is 2. The van der Waals surface area contributed by atoms with Crippen molar-refractivity contribution in [3.8, 4) is 0 Å². The highest BCUT2D eigenvalue weighted by atomic mass is 32.1. The van der Waals surface area contributed by atoms with Crippen LogP contribution < -0.4 is 5.32 Å². The number of thiazole rings is 1. The van der Waals surface area contributed by atoms with E-state index in [1.807, 2.05) is 81.6 Å². The van der Waals surface area contributed by atoms with Gasteiger partial charge in [0.2, 0.25) is 5.91 Å². The Kier molecular flexibility index (Phi) is 5.93. The number of aryl methyl sites for hydroxylation is 2. The summed E-state index contributed by atoms with van der Waals surface area (Å²) in [7, 11) is 1.98. The molecule has 0 radical (unpaired) electrons. The molecule has 0 spiro atoms. The van der Waals surface area contributed by atoms with Crippen LogP contribution in [0.2, 0.25) is 0 Å². The van der Waals surface area contributed by atoms with E-state index in [0.29, 0.717) is 6.54 Å². The van der Waals surface area contributed by atoms with Crippen molar-refractivity contribution in [1.82, 2.24) is 9.88 Å². The molecule has 1 atom stereocenters. The first-order valence-electron chi connectivity index (χ1n) is 9.99. The van der Waals surface area contributed by atoms with Gasteiger partial charge in [0.1, 0.15) is 11.0 Å². The first-order chi connectivity index (χ1) is 14.5. The summed E-state index contributed by atoms with van der Waals surface area (Å²) in [5.41, 5.74) is 4.99. The molecule has 1 aromatic heterocycles. The van der Waals surface area contributed by atoms with Gasteiger partial charge in [0, 0.05) is 5.69 Å². The van der Waals surface area contributed by atoms with Gasteiger partial charge in [-0.2, -0.15) is 0 Å². The van der Waals surface area contributed by atoms with Gasteiger partial charge < -0.3 is 5.32 Å². The van der Waals surface area contributed by atoms with E-state index >= 15 is 0 Å². The van der Waals surface area contributed by atoms with E-state index in [-0.39, 0.29) is 5.91 Å². The number of hydrogen-bond donors (Lipinski definition) is 1. The molecule has 0 aliphatic carbocycles. The molecule has 1 N–H and O–H groups in total. The smallest absolute Gasteiger partial charge is 0.246 e. The maximum Gasteiger partial charge on any atom is 0.246 e. The lowest BCUT2D eigenvalue weighted by molar-refractivity contribution is -0.121. The second kappa shape index (κ2) is 8.78. The van der Waals surface area contributed by atoms with Crippen molar-refractivity contribution >= 4 is 33.1 Å². The van der Waals surface area contributed by atoms with Crippen molar-refractivity contribution in [2.24, 2.45) is 0 Å². The number of likely N-dealkylation sites (N-methyl/N-ethyl adjacent to an activating group) is 1. The average Bonchev–Trinajstić information content (AvgIpc) is 3.14. The Morgan fingerprint density at radius 3 is 2.53 bits per heavy atom. The fourth-order valence-electron chi connectivity index (χ4n) is 3.61. The molecule has 5 heteroatoms. The van der Waals surface area contributed by atoms with Crippen LogP contribution in [0.15, 0.2) is 72.8 Å². The third kappa shape index (κ3) is 4.42. The molecular formula is C25H25N3OS. The molecule has 0 aliphatic heterocycles. The highest BCUT2D eigenvalue weighted by Crippen LogP contribution is 2.28. The zero-order valence-corrected chi connectivity index (χ0v) is 18.2. The third-order valence-corrected chi connectivity index (χ3v) is 6.20. The van der Waals surface area contributed by atoms with Crippen molar-refractivity contribution in [2.75, 3.05) is 12.4 Å². The fraction of sp³-hybridized carbons (Fsp3) is 0.200. The van der Waals surface area contributed by atoms with E-state index < -0.39 is 6.04 Å². The predicted octanol–water partition coefficient (Wildman–Crippen LogP) is 5.72. The molecule has 3 aromatic carbocycles. The molecule has 152 valence electrons. The van der Waals surface area contributed by atoms with Gasteiger partial charge in [-0.1, -0.05) is 54.6 Å². The number of amides is 1. The zero-order valence-electron chi connectivity index (χ0n) is 17.4. The number of hydrogen-bond acceptors (Lipinski definition) is 4. The van der Waals surface area contributed by atoms with E-state index in [2.05, 4.69) is 22.3 Å². The normalized spacial score (nSPS) is 12.3. The molecule has 1 amide bonds. The second-order valence-corrected chi connectivity index (χ2v) is 8.73. The van der Waals surface area contributed by atoms with Crippen LogP contribution in [0, 0.1) is 13.8 Å². The predicted molar refractivity (Wildman–Crippen MR) is 125 cm³/mol. The number of benzene rings is 3. The summed E-state index contributed by atoms with van der Waals surface area (Å²) in [5.74, 6) is -0.0430. The lowest BCUT2D eigenvalue weighted by Crippen LogP contribution is -2.34. The molecule has 30 heavy (non-hydrogen) atoms. The van der Waals surface area contributed by atoms with E-state index in [1.54, 1.807) is 11.3 Å². The lowest BCUT2D eigenvalue weighted by atomic mass is 10.0. The van der Waals surface area contributed by atoms with Gasteiger partial charge in [0.15, 0.2) is 0 Å². The Morgan fingerprint density at radius 1 is 1.03 bits per heavy atom. The molecule has 4 nitrogen and oxygen atoms in total. The molecule has 0 unspecified atom stereocenters. The molecular weight excluding hydrogens is 390 g/mol. The Bertz CT molecular complexity index is 1140. The molecule has 0 fully saturated rings. The minimum absolute atomic E-state index is 0.0430. The number of carbonyl (C=O) groups is 1. The SMILES string of the molecule is Cc1ccc(C)c(NC(=O)[C@H](c2ccccc2)N(C)Cc2nc3ccccc3s2)c1. The van der Waals surface area contributed by atoms with Gasteiger partial charge in [-0.3, -0.25) is 9.69 Å². The summed E-state index contributed by atoms with van der Waals surface area (Å²) < 4.78 is 1.16. The minimum atomic E-state index is -0.418. The zero-order chi connectivity index (χ0) is 21.1. The van der Waals surface area contributed by atoms with Crippen molar-refractivity contribution in [3.63, 3.8) is 0 Å². The highest BCUT2D eigenvalue weighted by Gasteiger charge is 2.26. The number of para-hydroxylation sites is 1. The highest BCUT2D eigenvalue weighted by molar-refractivity contribution is 7.18. The Balaban J connectivity index is 1.62. The second-order valence-electron chi connectivity index (χ2n) is 7.61. The molecule has 0 saturated heterocycles. The lowest BCUT2D eigenvalue weighted by Gasteiger charge is -2.27. The number of aromatic nitrogens is 1. The molecule has 4 aromatic rings. The van der Waals surface area contributed by atoms with Gasteiger partial charge in [-0.15, -0.1) is 11.3 Å². The number of carbonyl (C=O) groups excluding carboxylic acids is 1. The van der Waals surface area contributed by atoms with E-state index in [4.69, 9.17) is 4.98 Å². The quantitative estimate of drug-likeness (QED) is 0.438. The van der Waals surface area contributed by atoms with E-state index in [0.717, 1.165) is 37.6 Å². The minimum Gasteiger partial charge on any atom is -0.324 e. The molecule has 0 saturated carbocycles. The largest absolute Gasteiger partial charge is 0.324 e. The standard InChI is InChI=1S/C25H25N3OS/c1-17-13-14-18(2)21(15-17)27-25(29)24(19-9-5-4-6-10-19)28(3)16-23-26-20-11-7-8-12-22(20)30-23/h4-15,24H,16H2,1-3H3,(H,27,29)/t24-/m0/s1. The van der Waals surface area contributed by atoms with Crippen molar-refractivity contribution in [3.05, 3.63) is 94.5 Å². The summed E-state index contributed by atoms with van der Waals surface area (Å²) in [6.07, 6.45) is 0. The summed E-state index contributed by atoms with van der Waals surface area (Å²) in [6.45, 7) is 4.64. The van der Waals surface area contributed by atoms with E-state index in [9.17, 15) is 4.79 Å². The Morgan fingerprint density at radius 2 is 1.77 bits per heavy atom. The number of nitrogens with one attached hydrogen (secondary N) is 1. The molecule has 0 bridgehead atoms. The number of anilines is 1. The summed E-state index contributed by atoms with van der Waals surface area (Å²) in [5, 5.41) is 4.14. The van der Waals surface area contributed by atoms with Gasteiger partial charge in [0.25, 0.3) is 0 Å².